The van der Waals surface area contributed by atoms with Crippen molar-refractivity contribution < 1.29 is 13.9 Å². The molecule has 1 amide bonds. The van der Waals surface area contributed by atoms with E-state index in [4.69, 9.17) is 9.72 Å². The Morgan fingerprint density at radius 1 is 0.974 bits per heavy atom. The number of nitrogens with one attached hydrogen (secondary N) is 3. The number of anilines is 2. The van der Waals surface area contributed by atoms with Crippen LogP contribution in [0, 0.1) is 5.82 Å². The molecule has 0 aliphatic rings. The Morgan fingerprint density at radius 2 is 1.79 bits per heavy atom. The third-order valence-electron chi connectivity index (χ3n) is 5.61. The van der Waals surface area contributed by atoms with Gasteiger partial charge in [0.2, 0.25) is 0 Å². The molecule has 38 heavy (non-hydrogen) atoms. The summed E-state index contributed by atoms with van der Waals surface area (Å²) in [4.78, 5) is 21.5. The summed E-state index contributed by atoms with van der Waals surface area (Å²) in [6.07, 6.45) is 3.59. The SMILES string of the molecule is CC(C)(C)NC(=O)COc1cccc(-c2nc(Nc3ccc(-c4cn[nH]c4)cc3)c3ccc(F)cc3n2)c1. The van der Waals surface area contributed by atoms with E-state index in [1.165, 1.54) is 12.1 Å². The van der Waals surface area contributed by atoms with E-state index in [-0.39, 0.29) is 23.9 Å². The molecule has 2 heterocycles. The fourth-order valence-electron chi connectivity index (χ4n) is 3.95. The minimum Gasteiger partial charge on any atom is -0.484 e. The van der Waals surface area contributed by atoms with E-state index in [1.807, 2.05) is 57.3 Å². The number of H-pyrrole nitrogens is 1. The number of carbonyl (C=O) groups excluding carboxylic acids is 1. The van der Waals surface area contributed by atoms with Crippen LogP contribution >= 0.6 is 0 Å². The van der Waals surface area contributed by atoms with E-state index in [0.717, 1.165) is 16.8 Å². The van der Waals surface area contributed by atoms with Crippen molar-refractivity contribution in [2.75, 3.05) is 11.9 Å². The lowest BCUT2D eigenvalue weighted by molar-refractivity contribution is -0.124. The summed E-state index contributed by atoms with van der Waals surface area (Å²) in [5.41, 5.74) is 3.60. The predicted octanol–water partition coefficient (Wildman–Crippen LogP) is 5.86. The standard InChI is InChI=1S/C29H27FN6O2/c1-29(2,3)36-26(37)17-38-23-6-4-5-19(13-23)27-34-25-14-21(30)9-12-24(25)28(35-27)33-22-10-7-18(8-11-22)20-15-31-32-16-20/h4-16H,17H2,1-3H3,(H,31,32)(H,36,37)(H,33,34,35). The Kier molecular flexibility index (Phi) is 6.74. The highest BCUT2D eigenvalue weighted by Crippen LogP contribution is 2.30. The summed E-state index contributed by atoms with van der Waals surface area (Å²) in [7, 11) is 0. The van der Waals surface area contributed by atoms with Gasteiger partial charge in [-0.2, -0.15) is 5.10 Å². The number of rotatable bonds is 7. The highest BCUT2D eigenvalue weighted by atomic mass is 19.1. The van der Waals surface area contributed by atoms with Gasteiger partial charge < -0.3 is 15.4 Å². The molecule has 0 aliphatic carbocycles. The monoisotopic (exact) mass is 510 g/mol. The molecule has 0 spiro atoms. The average molecular weight is 511 g/mol. The maximum absolute atomic E-state index is 14.1. The molecular weight excluding hydrogens is 483 g/mol. The largest absolute Gasteiger partial charge is 0.484 e. The van der Waals surface area contributed by atoms with E-state index >= 15 is 0 Å². The maximum Gasteiger partial charge on any atom is 0.258 e. The van der Waals surface area contributed by atoms with Crippen molar-refractivity contribution in [2.45, 2.75) is 26.3 Å². The Labute approximate surface area is 219 Å². The number of nitrogens with zero attached hydrogens (tertiary/aromatic N) is 3. The molecule has 8 nitrogen and oxygen atoms in total. The molecule has 2 aromatic heterocycles. The molecule has 3 N–H and O–H groups in total. The van der Waals surface area contributed by atoms with Crippen LogP contribution in [0.15, 0.2) is 79.1 Å². The molecule has 0 fully saturated rings. The molecular formula is C29H27FN6O2. The minimum absolute atomic E-state index is 0.119. The van der Waals surface area contributed by atoms with Crippen LogP contribution in [-0.4, -0.2) is 38.2 Å². The van der Waals surface area contributed by atoms with E-state index < -0.39 is 0 Å². The molecule has 3 aromatic carbocycles. The Morgan fingerprint density at radius 3 is 2.53 bits per heavy atom. The second kappa shape index (κ2) is 10.3. The first-order chi connectivity index (χ1) is 18.2. The highest BCUT2D eigenvalue weighted by molar-refractivity contribution is 5.92. The minimum atomic E-state index is -0.389. The number of carbonyl (C=O) groups is 1. The molecule has 0 saturated carbocycles. The summed E-state index contributed by atoms with van der Waals surface area (Å²) in [5, 5.41) is 13.7. The Hall–Kier alpha value is -4.79. The van der Waals surface area contributed by atoms with Crippen molar-refractivity contribution in [3.05, 3.63) is 84.9 Å². The smallest absolute Gasteiger partial charge is 0.258 e. The number of amides is 1. The summed E-state index contributed by atoms with van der Waals surface area (Å²) >= 11 is 0. The zero-order valence-corrected chi connectivity index (χ0v) is 21.2. The van der Waals surface area contributed by atoms with Gasteiger partial charge in [-0.1, -0.05) is 24.3 Å². The molecule has 0 aliphatic heterocycles. The van der Waals surface area contributed by atoms with E-state index in [2.05, 4.69) is 25.8 Å². The Bertz CT molecular complexity index is 1580. The van der Waals surface area contributed by atoms with Crippen molar-refractivity contribution >= 4 is 28.3 Å². The van der Waals surface area contributed by atoms with E-state index in [9.17, 15) is 9.18 Å². The number of hydrogen-bond donors (Lipinski definition) is 3. The van der Waals surface area contributed by atoms with Crippen LogP contribution < -0.4 is 15.4 Å². The number of benzene rings is 3. The van der Waals surface area contributed by atoms with Gasteiger partial charge in [0.1, 0.15) is 17.4 Å². The molecule has 5 rings (SSSR count). The number of aromatic nitrogens is 4. The zero-order chi connectivity index (χ0) is 26.7. The Balaban J connectivity index is 1.43. The van der Waals surface area contributed by atoms with Crippen LogP contribution in [0.2, 0.25) is 0 Å². The lowest BCUT2D eigenvalue weighted by atomic mass is 10.1. The van der Waals surface area contributed by atoms with Crippen molar-refractivity contribution in [3.8, 4) is 28.3 Å². The fraction of sp³-hybridized carbons (Fsp3) is 0.172. The van der Waals surface area contributed by atoms with Crippen LogP contribution in [0.3, 0.4) is 0 Å². The van der Waals surface area contributed by atoms with Crippen LogP contribution in [0.25, 0.3) is 33.4 Å². The summed E-state index contributed by atoms with van der Waals surface area (Å²) in [6.45, 7) is 5.60. The number of aromatic amines is 1. The number of hydrogen-bond acceptors (Lipinski definition) is 6. The lowest BCUT2D eigenvalue weighted by Crippen LogP contribution is -2.43. The first kappa shape index (κ1) is 24.9. The average Bonchev–Trinajstić information content (AvgIpc) is 3.42. The van der Waals surface area contributed by atoms with Gasteiger partial charge in [0.15, 0.2) is 12.4 Å². The molecule has 0 unspecified atom stereocenters. The van der Waals surface area contributed by atoms with Crippen molar-refractivity contribution in [1.82, 2.24) is 25.5 Å². The van der Waals surface area contributed by atoms with Gasteiger partial charge in [-0.3, -0.25) is 9.89 Å². The topological polar surface area (TPSA) is 105 Å². The van der Waals surface area contributed by atoms with Gasteiger partial charge in [0.25, 0.3) is 5.91 Å². The third kappa shape index (κ3) is 5.95. The van der Waals surface area contributed by atoms with Crippen molar-refractivity contribution in [2.24, 2.45) is 0 Å². The second-order valence-corrected chi connectivity index (χ2v) is 9.86. The lowest BCUT2D eigenvalue weighted by Gasteiger charge is -2.20. The van der Waals surface area contributed by atoms with Gasteiger partial charge in [0, 0.05) is 40.0 Å². The molecule has 5 aromatic rings. The van der Waals surface area contributed by atoms with Crippen molar-refractivity contribution in [3.63, 3.8) is 0 Å². The molecule has 0 radical (unpaired) electrons. The quantitative estimate of drug-likeness (QED) is 0.253. The fourth-order valence-corrected chi connectivity index (χ4v) is 3.95. The van der Waals surface area contributed by atoms with Gasteiger partial charge in [-0.25, -0.2) is 14.4 Å². The second-order valence-electron chi connectivity index (χ2n) is 9.86. The molecule has 0 saturated heterocycles. The molecule has 0 bridgehead atoms. The van der Waals surface area contributed by atoms with Crippen molar-refractivity contribution in [1.29, 1.82) is 0 Å². The first-order valence-electron chi connectivity index (χ1n) is 12.1. The van der Waals surface area contributed by atoms with Crippen LogP contribution in [0.4, 0.5) is 15.9 Å². The van der Waals surface area contributed by atoms with E-state index in [1.54, 1.807) is 30.5 Å². The van der Waals surface area contributed by atoms with Crippen LogP contribution in [0.1, 0.15) is 20.8 Å². The van der Waals surface area contributed by atoms with Gasteiger partial charge in [0.05, 0.1) is 11.7 Å². The number of halogens is 1. The van der Waals surface area contributed by atoms with E-state index in [0.29, 0.717) is 33.9 Å². The number of fused-ring (bicyclic) bond motifs is 1. The summed E-state index contributed by atoms with van der Waals surface area (Å²) in [6, 6.07) is 19.4. The van der Waals surface area contributed by atoms with Gasteiger partial charge in [-0.05, 0) is 62.7 Å². The summed E-state index contributed by atoms with van der Waals surface area (Å²) < 4.78 is 19.8. The predicted molar refractivity (Wildman–Crippen MR) is 146 cm³/mol. The third-order valence-corrected chi connectivity index (χ3v) is 5.61. The van der Waals surface area contributed by atoms with Crippen LogP contribution in [-0.2, 0) is 4.79 Å². The molecule has 9 heteroatoms. The van der Waals surface area contributed by atoms with Gasteiger partial charge in [-0.15, -0.1) is 0 Å². The normalized spacial score (nSPS) is 11.4. The van der Waals surface area contributed by atoms with Gasteiger partial charge >= 0.3 is 0 Å². The molecule has 192 valence electrons. The first-order valence-corrected chi connectivity index (χ1v) is 12.1. The maximum atomic E-state index is 14.1. The van der Waals surface area contributed by atoms with Crippen LogP contribution in [0.5, 0.6) is 5.75 Å². The summed E-state index contributed by atoms with van der Waals surface area (Å²) in [5.74, 6) is 0.825. The molecule has 0 atom stereocenters. The zero-order valence-electron chi connectivity index (χ0n) is 21.2. The number of ether oxygens (including phenoxy) is 1. The highest BCUT2D eigenvalue weighted by Gasteiger charge is 2.15.